The van der Waals surface area contributed by atoms with Crippen molar-refractivity contribution in [1.29, 1.82) is 0 Å². The number of hydrogen-bond donors (Lipinski definition) is 2. The minimum Gasteiger partial charge on any atom is -0.489 e. The molecule has 2 amide bonds. The number of sulfonamides is 1. The van der Waals surface area contributed by atoms with Gasteiger partial charge in [0.05, 0.1) is 12.8 Å². The molecule has 210 valence electrons. The molecule has 2 atom stereocenters. The van der Waals surface area contributed by atoms with Crippen molar-refractivity contribution in [2.45, 2.75) is 45.0 Å². The zero-order chi connectivity index (χ0) is 28.3. The average molecular weight is 559 g/mol. The third-order valence-electron chi connectivity index (χ3n) is 7.44. The molecule has 0 unspecified atom stereocenters. The van der Waals surface area contributed by atoms with Gasteiger partial charge in [0.1, 0.15) is 18.4 Å². The van der Waals surface area contributed by atoms with Crippen LogP contribution in [-0.2, 0) is 32.8 Å². The number of fused-ring (bicyclic) bond motifs is 1. The van der Waals surface area contributed by atoms with E-state index in [1.54, 1.807) is 18.2 Å². The zero-order valence-electron chi connectivity index (χ0n) is 22.1. The summed E-state index contributed by atoms with van der Waals surface area (Å²) < 4.78 is 31.1. The molecule has 0 aromatic heterocycles. The smallest absolute Gasteiger partial charge is 0.303 e. The van der Waals surface area contributed by atoms with Gasteiger partial charge in [0.2, 0.25) is 15.9 Å². The number of carboxylic acid groups (broad SMARTS) is 1. The number of benzene rings is 2. The summed E-state index contributed by atoms with van der Waals surface area (Å²) in [5, 5.41) is 9.00. The van der Waals surface area contributed by atoms with Gasteiger partial charge in [0.15, 0.2) is 0 Å². The van der Waals surface area contributed by atoms with Crippen LogP contribution in [0.25, 0.3) is 0 Å². The Balaban J connectivity index is 1.38. The molecule has 12 heteroatoms. The van der Waals surface area contributed by atoms with Crippen LogP contribution in [0.3, 0.4) is 0 Å². The predicted octanol–water partition coefficient (Wildman–Crippen LogP) is 1.58. The molecular weight excluding hydrogens is 524 g/mol. The molecule has 3 N–H and O–H groups in total. The molecule has 2 heterocycles. The van der Waals surface area contributed by atoms with E-state index in [0.717, 1.165) is 11.1 Å². The maximum atomic E-state index is 13.0. The van der Waals surface area contributed by atoms with E-state index >= 15 is 0 Å². The molecule has 39 heavy (non-hydrogen) atoms. The van der Waals surface area contributed by atoms with Gasteiger partial charge in [-0.3, -0.25) is 19.3 Å². The molecule has 0 spiro atoms. The lowest BCUT2D eigenvalue weighted by molar-refractivity contribution is -0.137. The van der Waals surface area contributed by atoms with E-state index in [-0.39, 0.29) is 37.9 Å². The standard InChI is InChI=1S/C27H34N4O7S/c1-18(29-12-14-30(15-13-29)39(2,36)37)20-8-6-19(7-9-20)17-38-24-5-3-4-21-22(24)16-31(27(21)35)23(26(28)34)10-11-25(32)33/h3-9,18,23H,10-17H2,1-2H3,(H2,28,34)(H,32,33)/t18-,23+/m1/s1. The number of ether oxygens (including phenoxy) is 1. The normalized spacial score (nSPS) is 18.0. The molecule has 2 aromatic rings. The molecule has 2 aromatic carbocycles. The number of carbonyl (C=O) groups excluding carboxylic acids is 2. The number of piperazine rings is 1. The van der Waals surface area contributed by atoms with Crippen LogP contribution in [0.4, 0.5) is 0 Å². The van der Waals surface area contributed by atoms with Crippen molar-refractivity contribution in [1.82, 2.24) is 14.1 Å². The minimum absolute atomic E-state index is 0.0568. The van der Waals surface area contributed by atoms with Crippen LogP contribution in [0.5, 0.6) is 5.75 Å². The number of rotatable bonds is 11. The van der Waals surface area contributed by atoms with E-state index < -0.39 is 27.9 Å². The third-order valence-corrected chi connectivity index (χ3v) is 8.74. The lowest BCUT2D eigenvalue weighted by Gasteiger charge is -2.37. The van der Waals surface area contributed by atoms with Crippen LogP contribution in [0.2, 0.25) is 0 Å². The molecule has 0 radical (unpaired) electrons. The molecule has 0 saturated carbocycles. The number of carbonyl (C=O) groups is 3. The van der Waals surface area contributed by atoms with Crippen molar-refractivity contribution in [3.63, 3.8) is 0 Å². The summed E-state index contributed by atoms with van der Waals surface area (Å²) in [6.45, 7) is 4.78. The Hall–Kier alpha value is -3.48. The SMILES string of the molecule is C[C@H](c1ccc(COc2cccc3c2CN([C@@H](CCC(=O)O)C(N)=O)C3=O)cc1)N1CCN(S(C)(=O)=O)CC1. The van der Waals surface area contributed by atoms with Crippen LogP contribution in [0, 0.1) is 0 Å². The molecule has 0 bridgehead atoms. The fourth-order valence-corrected chi connectivity index (χ4v) is 5.94. The lowest BCUT2D eigenvalue weighted by Crippen LogP contribution is -2.48. The van der Waals surface area contributed by atoms with Crippen molar-refractivity contribution in [3.8, 4) is 5.75 Å². The van der Waals surface area contributed by atoms with E-state index in [9.17, 15) is 22.8 Å². The molecule has 11 nitrogen and oxygen atoms in total. The van der Waals surface area contributed by atoms with Crippen molar-refractivity contribution in [3.05, 3.63) is 64.7 Å². The van der Waals surface area contributed by atoms with Crippen LogP contribution in [0.1, 0.15) is 52.9 Å². The van der Waals surface area contributed by atoms with E-state index in [2.05, 4.69) is 11.8 Å². The maximum Gasteiger partial charge on any atom is 0.303 e. The molecular formula is C27H34N4O7S. The molecule has 2 aliphatic rings. The Kier molecular flexibility index (Phi) is 8.57. The fourth-order valence-electron chi connectivity index (χ4n) is 5.11. The maximum absolute atomic E-state index is 13.0. The van der Waals surface area contributed by atoms with Crippen molar-refractivity contribution in [2.24, 2.45) is 5.73 Å². The summed E-state index contributed by atoms with van der Waals surface area (Å²) in [5.74, 6) is -1.66. The monoisotopic (exact) mass is 558 g/mol. The Morgan fingerprint density at radius 1 is 1.08 bits per heavy atom. The number of carboxylic acids is 1. The van der Waals surface area contributed by atoms with E-state index in [1.165, 1.54) is 15.5 Å². The highest BCUT2D eigenvalue weighted by Crippen LogP contribution is 2.33. The van der Waals surface area contributed by atoms with Crippen LogP contribution >= 0.6 is 0 Å². The summed E-state index contributed by atoms with van der Waals surface area (Å²) in [7, 11) is -3.17. The quantitative estimate of drug-likeness (QED) is 0.422. The summed E-state index contributed by atoms with van der Waals surface area (Å²) in [6.07, 6.45) is 0.909. The lowest BCUT2D eigenvalue weighted by atomic mass is 10.0. The highest BCUT2D eigenvalue weighted by atomic mass is 32.2. The second-order valence-electron chi connectivity index (χ2n) is 9.97. The Labute approximate surface area is 228 Å². The van der Waals surface area contributed by atoms with E-state index in [4.69, 9.17) is 15.6 Å². The number of primary amides is 1. The fraction of sp³-hybridized carbons (Fsp3) is 0.444. The van der Waals surface area contributed by atoms with Crippen molar-refractivity contribution in [2.75, 3.05) is 32.4 Å². The van der Waals surface area contributed by atoms with Gasteiger partial charge in [-0.15, -0.1) is 0 Å². The largest absolute Gasteiger partial charge is 0.489 e. The highest BCUT2D eigenvalue weighted by Gasteiger charge is 2.37. The molecule has 0 aliphatic carbocycles. The summed E-state index contributed by atoms with van der Waals surface area (Å²) >= 11 is 0. The van der Waals surface area contributed by atoms with Gasteiger partial charge in [0, 0.05) is 49.8 Å². The zero-order valence-corrected chi connectivity index (χ0v) is 22.9. The first-order valence-electron chi connectivity index (χ1n) is 12.8. The molecule has 4 rings (SSSR count). The number of hydrogen-bond acceptors (Lipinski definition) is 7. The van der Waals surface area contributed by atoms with E-state index in [0.29, 0.717) is 43.1 Å². The minimum atomic E-state index is -3.17. The second-order valence-corrected chi connectivity index (χ2v) is 12.0. The second kappa shape index (κ2) is 11.7. The highest BCUT2D eigenvalue weighted by molar-refractivity contribution is 7.88. The molecule has 1 saturated heterocycles. The first kappa shape index (κ1) is 28.5. The summed E-state index contributed by atoms with van der Waals surface area (Å²) in [5.41, 5.74) is 8.59. The first-order chi connectivity index (χ1) is 18.5. The van der Waals surface area contributed by atoms with Gasteiger partial charge in [-0.2, -0.15) is 4.31 Å². The number of amides is 2. The van der Waals surface area contributed by atoms with Gasteiger partial charge < -0.3 is 20.5 Å². The van der Waals surface area contributed by atoms with Crippen LogP contribution < -0.4 is 10.5 Å². The summed E-state index contributed by atoms with van der Waals surface area (Å²) in [4.78, 5) is 39.6. The molecule has 1 fully saturated rings. The van der Waals surface area contributed by atoms with E-state index in [1.807, 2.05) is 24.3 Å². The van der Waals surface area contributed by atoms with Gasteiger partial charge in [-0.1, -0.05) is 30.3 Å². The predicted molar refractivity (Wildman–Crippen MR) is 143 cm³/mol. The van der Waals surface area contributed by atoms with Crippen molar-refractivity contribution < 1.29 is 32.6 Å². The Morgan fingerprint density at radius 2 is 1.74 bits per heavy atom. The van der Waals surface area contributed by atoms with Crippen LogP contribution in [0.15, 0.2) is 42.5 Å². The topological polar surface area (TPSA) is 151 Å². The third kappa shape index (κ3) is 6.57. The number of nitrogens with zero attached hydrogens (tertiary/aromatic N) is 3. The van der Waals surface area contributed by atoms with Crippen LogP contribution in [-0.4, -0.2) is 83.9 Å². The van der Waals surface area contributed by atoms with Gasteiger partial charge in [-0.05, 0) is 36.6 Å². The van der Waals surface area contributed by atoms with Gasteiger partial charge in [0.25, 0.3) is 5.91 Å². The number of nitrogens with two attached hydrogens (primary N) is 1. The Morgan fingerprint density at radius 3 is 2.33 bits per heavy atom. The van der Waals surface area contributed by atoms with Gasteiger partial charge >= 0.3 is 5.97 Å². The first-order valence-corrected chi connectivity index (χ1v) is 14.7. The molecule has 2 aliphatic heterocycles. The number of aliphatic carboxylic acids is 1. The average Bonchev–Trinajstić information content (AvgIpc) is 3.23. The summed E-state index contributed by atoms with van der Waals surface area (Å²) in [6, 6.07) is 12.3. The van der Waals surface area contributed by atoms with Crippen molar-refractivity contribution >= 4 is 27.8 Å². The van der Waals surface area contributed by atoms with Gasteiger partial charge in [-0.25, -0.2) is 8.42 Å². The Bertz CT molecular complexity index is 1340.